The van der Waals surface area contributed by atoms with Crippen LogP contribution < -0.4 is 4.74 Å². The van der Waals surface area contributed by atoms with Gasteiger partial charge < -0.3 is 4.74 Å². The van der Waals surface area contributed by atoms with E-state index in [-0.39, 0.29) is 11.3 Å². The minimum absolute atomic E-state index is 0.0327. The van der Waals surface area contributed by atoms with Gasteiger partial charge in [-0.1, -0.05) is 11.6 Å². The highest BCUT2D eigenvalue weighted by Gasteiger charge is 2.16. The lowest BCUT2D eigenvalue weighted by molar-refractivity contribution is -0.385. The van der Waals surface area contributed by atoms with Gasteiger partial charge in [0, 0.05) is 16.7 Å². The number of nitrogens with zero attached hydrogens (tertiary/aromatic N) is 1. The lowest BCUT2D eigenvalue weighted by atomic mass is 10.1. The monoisotopic (exact) mass is 319 g/mol. The minimum Gasteiger partial charge on any atom is -0.423 e. The second-order valence-corrected chi connectivity index (χ2v) is 5.40. The van der Waals surface area contributed by atoms with Gasteiger partial charge in [0.1, 0.15) is 5.75 Å². The number of carbonyl (C=O) groups excluding carboxylic acids is 1. The van der Waals surface area contributed by atoms with Crippen molar-refractivity contribution < 1.29 is 14.5 Å². The van der Waals surface area contributed by atoms with Crippen molar-refractivity contribution in [2.24, 2.45) is 0 Å². The number of hydrogen-bond acceptors (Lipinski definition) is 4. The van der Waals surface area contributed by atoms with Crippen molar-refractivity contribution in [3.63, 3.8) is 0 Å². The minimum atomic E-state index is -0.570. The van der Waals surface area contributed by atoms with E-state index in [0.717, 1.165) is 11.1 Å². The van der Waals surface area contributed by atoms with Crippen LogP contribution in [0.15, 0.2) is 30.3 Å². The summed E-state index contributed by atoms with van der Waals surface area (Å²) < 4.78 is 5.31. The van der Waals surface area contributed by atoms with Crippen molar-refractivity contribution in [2.45, 2.75) is 20.8 Å². The number of halogens is 1. The molecule has 0 bridgehead atoms. The van der Waals surface area contributed by atoms with Gasteiger partial charge in [-0.15, -0.1) is 0 Å². The molecule has 0 fully saturated rings. The zero-order chi connectivity index (χ0) is 16.4. The number of nitro groups is 1. The Hall–Kier alpha value is -2.40. The van der Waals surface area contributed by atoms with E-state index < -0.39 is 10.9 Å². The molecule has 0 spiro atoms. The third kappa shape index (κ3) is 3.26. The van der Waals surface area contributed by atoms with E-state index >= 15 is 0 Å². The Morgan fingerprint density at radius 2 is 1.68 bits per heavy atom. The zero-order valence-corrected chi connectivity index (χ0v) is 13.1. The highest BCUT2D eigenvalue weighted by Crippen LogP contribution is 2.27. The highest BCUT2D eigenvalue weighted by molar-refractivity contribution is 6.32. The molecule has 0 amide bonds. The standard InChI is InChI=1S/C16H14ClNO4/c1-9-6-12(4-5-14(9)18(20)21)16(19)22-13-7-10(2)15(17)11(3)8-13/h4-8H,1-3H3. The summed E-state index contributed by atoms with van der Waals surface area (Å²) in [4.78, 5) is 22.4. The Morgan fingerprint density at radius 3 is 2.18 bits per heavy atom. The van der Waals surface area contributed by atoms with Crippen molar-refractivity contribution in [3.05, 3.63) is 67.7 Å². The highest BCUT2D eigenvalue weighted by atomic mass is 35.5. The van der Waals surface area contributed by atoms with Crippen molar-refractivity contribution >= 4 is 23.3 Å². The van der Waals surface area contributed by atoms with Crippen molar-refractivity contribution in [3.8, 4) is 5.75 Å². The summed E-state index contributed by atoms with van der Waals surface area (Å²) in [7, 11) is 0. The fourth-order valence-electron chi connectivity index (χ4n) is 2.12. The molecule has 0 aliphatic rings. The van der Waals surface area contributed by atoms with Crippen LogP contribution in [-0.2, 0) is 0 Å². The lowest BCUT2D eigenvalue weighted by Gasteiger charge is -2.09. The van der Waals surface area contributed by atoms with Gasteiger partial charge in [0.25, 0.3) is 5.69 Å². The normalized spacial score (nSPS) is 10.4. The van der Waals surface area contributed by atoms with Gasteiger partial charge in [-0.2, -0.15) is 0 Å². The van der Waals surface area contributed by atoms with E-state index in [1.165, 1.54) is 18.2 Å². The lowest BCUT2D eigenvalue weighted by Crippen LogP contribution is -2.09. The van der Waals surface area contributed by atoms with Gasteiger partial charge in [0.2, 0.25) is 0 Å². The van der Waals surface area contributed by atoms with Crippen molar-refractivity contribution in [2.75, 3.05) is 0 Å². The summed E-state index contributed by atoms with van der Waals surface area (Å²) in [5.74, 6) is -0.181. The molecule has 0 aliphatic heterocycles. The number of nitro benzene ring substituents is 1. The molecule has 0 N–H and O–H groups in total. The molecule has 2 aromatic rings. The maximum Gasteiger partial charge on any atom is 0.343 e. The van der Waals surface area contributed by atoms with Crippen LogP contribution in [0.4, 0.5) is 5.69 Å². The first-order valence-electron chi connectivity index (χ1n) is 6.53. The molecule has 6 heteroatoms. The number of rotatable bonds is 3. The van der Waals surface area contributed by atoms with Gasteiger partial charge in [-0.05, 0) is 56.2 Å². The molecule has 0 heterocycles. The van der Waals surface area contributed by atoms with E-state index in [2.05, 4.69) is 0 Å². The van der Waals surface area contributed by atoms with Crippen molar-refractivity contribution in [1.29, 1.82) is 0 Å². The summed E-state index contributed by atoms with van der Waals surface area (Å²) in [6.45, 7) is 5.22. The van der Waals surface area contributed by atoms with Crippen LogP contribution in [-0.4, -0.2) is 10.9 Å². The van der Waals surface area contributed by atoms with Gasteiger partial charge >= 0.3 is 5.97 Å². The average molecular weight is 320 g/mol. The number of benzene rings is 2. The number of ether oxygens (including phenoxy) is 1. The third-order valence-corrected chi connectivity index (χ3v) is 3.85. The molecule has 0 atom stereocenters. The SMILES string of the molecule is Cc1cc(C(=O)Oc2cc(C)c(Cl)c(C)c2)ccc1[N+](=O)[O-]. The first-order chi connectivity index (χ1) is 10.3. The van der Waals surface area contributed by atoms with Crippen LogP contribution in [0.25, 0.3) is 0 Å². The molecule has 0 aliphatic carbocycles. The fourth-order valence-corrected chi connectivity index (χ4v) is 2.23. The Balaban J connectivity index is 2.26. The maximum absolute atomic E-state index is 12.1. The van der Waals surface area contributed by atoms with E-state index in [1.54, 1.807) is 19.1 Å². The number of hydrogen-bond donors (Lipinski definition) is 0. The second-order valence-electron chi connectivity index (χ2n) is 5.02. The van der Waals surface area contributed by atoms with Gasteiger partial charge in [0.15, 0.2) is 0 Å². The Labute approximate surface area is 132 Å². The van der Waals surface area contributed by atoms with Crippen LogP contribution in [0.3, 0.4) is 0 Å². The topological polar surface area (TPSA) is 69.4 Å². The molecule has 0 unspecified atom stereocenters. The largest absolute Gasteiger partial charge is 0.423 e. The molecule has 22 heavy (non-hydrogen) atoms. The number of carbonyl (C=O) groups is 1. The first-order valence-corrected chi connectivity index (χ1v) is 6.91. The molecule has 2 aromatic carbocycles. The second kappa shape index (κ2) is 6.15. The Bertz CT molecular complexity index is 748. The Morgan fingerprint density at radius 1 is 1.09 bits per heavy atom. The van der Waals surface area contributed by atoms with E-state index in [0.29, 0.717) is 16.3 Å². The molecule has 0 saturated carbocycles. The molecule has 114 valence electrons. The van der Waals surface area contributed by atoms with E-state index in [1.807, 2.05) is 13.8 Å². The number of esters is 1. The summed E-state index contributed by atoms with van der Waals surface area (Å²) in [6, 6.07) is 7.46. The molecular formula is C16H14ClNO4. The smallest absolute Gasteiger partial charge is 0.343 e. The van der Waals surface area contributed by atoms with Crippen LogP contribution in [0.5, 0.6) is 5.75 Å². The van der Waals surface area contributed by atoms with Crippen LogP contribution in [0, 0.1) is 30.9 Å². The van der Waals surface area contributed by atoms with Crippen LogP contribution in [0.2, 0.25) is 5.02 Å². The molecule has 0 aromatic heterocycles. The predicted octanol–water partition coefficient (Wildman–Crippen LogP) is 4.39. The fraction of sp³-hybridized carbons (Fsp3) is 0.188. The maximum atomic E-state index is 12.1. The quantitative estimate of drug-likeness (QED) is 0.364. The van der Waals surface area contributed by atoms with Crippen LogP contribution in [0.1, 0.15) is 27.0 Å². The van der Waals surface area contributed by atoms with E-state index in [4.69, 9.17) is 16.3 Å². The number of aryl methyl sites for hydroxylation is 3. The van der Waals surface area contributed by atoms with Crippen LogP contribution >= 0.6 is 11.6 Å². The third-order valence-electron chi connectivity index (χ3n) is 3.25. The molecule has 0 saturated heterocycles. The molecule has 5 nitrogen and oxygen atoms in total. The van der Waals surface area contributed by atoms with E-state index in [9.17, 15) is 14.9 Å². The van der Waals surface area contributed by atoms with Gasteiger partial charge in [-0.3, -0.25) is 10.1 Å². The summed E-state index contributed by atoms with van der Waals surface area (Å²) in [5.41, 5.74) is 2.25. The molecular weight excluding hydrogens is 306 g/mol. The summed E-state index contributed by atoms with van der Waals surface area (Å²) in [5, 5.41) is 11.4. The zero-order valence-electron chi connectivity index (χ0n) is 12.3. The average Bonchev–Trinajstić information content (AvgIpc) is 2.44. The predicted molar refractivity (Wildman–Crippen MR) is 83.7 cm³/mol. The van der Waals surface area contributed by atoms with Gasteiger partial charge in [0.05, 0.1) is 10.5 Å². The van der Waals surface area contributed by atoms with Gasteiger partial charge in [-0.25, -0.2) is 4.79 Å². The first kappa shape index (κ1) is 16.0. The van der Waals surface area contributed by atoms with Crippen molar-refractivity contribution in [1.82, 2.24) is 0 Å². The Kier molecular flexibility index (Phi) is 4.47. The summed E-state index contributed by atoms with van der Waals surface area (Å²) >= 11 is 6.07. The summed E-state index contributed by atoms with van der Waals surface area (Å²) in [6.07, 6.45) is 0. The molecule has 2 rings (SSSR count). The molecule has 0 radical (unpaired) electrons.